The summed E-state index contributed by atoms with van der Waals surface area (Å²) < 4.78 is 34.0. The van der Waals surface area contributed by atoms with Crippen LogP contribution in [0, 0.1) is 0 Å². The van der Waals surface area contributed by atoms with Gasteiger partial charge in [0.15, 0.2) is 5.94 Å². The van der Waals surface area contributed by atoms with Gasteiger partial charge in [-0.1, -0.05) is 0 Å². The van der Waals surface area contributed by atoms with Crippen LogP contribution in [0.2, 0.25) is 0 Å². The van der Waals surface area contributed by atoms with Crippen LogP contribution in [0.5, 0.6) is 0 Å². The van der Waals surface area contributed by atoms with Gasteiger partial charge in [-0.2, -0.15) is 18.6 Å². The minimum absolute atomic E-state index is 0.423. The molecule has 0 radical (unpaired) electrons. The number of hydrogen-bond acceptors (Lipinski definition) is 9. The van der Waals surface area contributed by atoms with E-state index >= 15 is 0 Å². The molecule has 0 amide bonds. The summed E-state index contributed by atoms with van der Waals surface area (Å²) in [6.45, 7) is -2.35. The SMILES string of the molecule is NOS(=O)(=O)COBB(O)B(BO)OBO. The largest absolute Gasteiger partial charge is 0.486 e. The van der Waals surface area contributed by atoms with Crippen molar-refractivity contribution in [2.75, 3.05) is 5.94 Å². The Morgan fingerprint density at radius 1 is 1.38 bits per heavy atom. The summed E-state index contributed by atoms with van der Waals surface area (Å²) in [5.41, 5.74) is 0. The van der Waals surface area contributed by atoms with Crippen molar-refractivity contribution in [1.82, 2.24) is 0 Å². The van der Waals surface area contributed by atoms with Crippen LogP contribution in [0.15, 0.2) is 0 Å². The van der Waals surface area contributed by atoms with E-state index < -0.39 is 51.9 Å². The molecule has 0 rings (SSSR count). The summed E-state index contributed by atoms with van der Waals surface area (Å²) in [6, 6.07) is 0. The molecule has 0 bridgehead atoms. The van der Waals surface area contributed by atoms with E-state index in [4.69, 9.17) is 10.0 Å². The van der Waals surface area contributed by atoms with Crippen molar-refractivity contribution < 1.29 is 37.0 Å². The van der Waals surface area contributed by atoms with Crippen molar-refractivity contribution in [3.8, 4) is 0 Å². The quantitative estimate of drug-likeness (QED) is 0.232. The van der Waals surface area contributed by atoms with Gasteiger partial charge in [-0.3, -0.25) is 0 Å². The molecule has 0 heterocycles. The Hall–Kier alpha value is -0.00532. The second-order valence-electron chi connectivity index (χ2n) is 2.73. The first-order chi connectivity index (χ1) is 7.46. The highest BCUT2D eigenvalue weighted by atomic mass is 32.2. The number of rotatable bonds is 9. The third-order valence-corrected chi connectivity index (χ3v) is 2.31. The first-order valence-corrected chi connectivity index (χ1v) is 5.74. The van der Waals surface area contributed by atoms with Crippen LogP contribution in [0.4, 0.5) is 0 Å². The second kappa shape index (κ2) is 8.14. The third kappa shape index (κ3) is 6.55. The topological polar surface area (TPSA) is 149 Å². The highest BCUT2D eigenvalue weighted by molar-refractivity contribution is 7.86. The molecule has 0 aliphatic carbocycles. The fraction of sp³-hybridized carbons (Fsp3) is 1.00. The maximum atomic E-state index is 10.7. The zero-order chi connectivity index (χ0) is 12.6. The molecular weight excluding hydrogens is 240 g/mol. The summed E-state index contributed by atoms with van der Waals surface area (Å²) in [5, 5.41) is 26.4. The Balaban J connectivity index is 3.92. The average molecular weight is 250 g/mol. The molecule has 0 aromatic carbocycles. The van der Waals surface area contributed by atoms with Crippen molar-refractivity contribution in [3.63, 3.8) is 0 Å². The molecule has 16 heavy (non-hydrogen) atoms. The fourth-order valence-electron chi connectivity index (χ4n) is 0.787. The van der Waals surface area contributed by atoms with Crippen LogP contribution in [0.3, 0.4) is 0 Å². The molecular formula is CH10B5NO8S. The van der Waals surface area contributed by atoms with Gasteiger partial charge >= 0.3 is 17.8 Å². The summed E-state index contributed by atoms with van der Waals surface area (Å²) in [4.78, 5) is 0. The monoisotopic (exact) mass is 251 g/mol. The Labute approximate surface area is 95.4 Å². The average Bonchev–Trinajstić information content (AvgIpc) is 2.25. The predicted molar refractivity (Wildman–Crippen MR) is 60.8 cm³/mol. The van der Waals surface area contributed by atoms with Crippen molar-refractivity contribution >= 4 is 45.9 Å². The van der Waals surface area contributed by atoms with Gasteiger partial charge in [0.2, 0.25) is 0 Å². The lowest BCUT2D eigenvalue weighted by Crippen LogP contribution is -2.50. The molecule has 15 heteroatoms. The zero-order valence-corrected chi connectivity index (χ0v) is 9.17. The molecule has 0 aromatic rings. The van der Waals surface area contributed by atoms with Gasteiger partial charge in [-0.05, 0) is 0 Å². The van der Waals surface area contributed by atoms with Gasteiger partial charge in [0, 0.05) is 0 Å². The third-order valence-electron chi connectivity index (χ3n) is 1.56. The van der Waals surface area contributed by atoms with E-state index in [0.29, 0.717) is 0 Å². The van der Waals surface area contributed by atoms with Gasteiger partial charge in [0.1, 0.15) is 0 Å². The summed E-state index contributed by atoms with van der Waals surface area (Å²) in [6.07, 6.45) is 0. The Morgan fingerprint density at radius 2 is 2.00 bits per heavy atom. The minimum Gasteiger partial charge on any atom is -0.486 e. The van der Waals surface area contributed by atoms with Crippen LogP contribution in [-0.2, 0) is 23.6 Å². The van der Waals surface area contributed by atoms with Gasteiger partial charge in [0.25, 0.3) is 28.1 Å². The normalized spacial score (nSPS) is 10.8. The summed E-state index contributed by atoms with van der Waals surface area (Å²) >= 11 is 0. The lowest BCUT2D eigenvalue weighted by Gasteiger charge is -2.12. The van der Waals surface area contributed by atoms with E-state index in [2.05, 4.69) is 19.4 Å². The van der Waals surface area contributed by atoms with Crippen LogP contribution in [0.25, 0.3) is 0 Å². The molecule has 0 saturated carbocycles. The maximum Gasteiger partial charge on any atom is 0.419 e. The van der Waals surface area contributed by atoms with Crippen molar-refractivity contribution in [2.45, 2.75) is 0 Å². The molecule has 9 nitrogen and oxygen atoms in total. The van der Waals surface area contributed by atoms with Gasteiger partial charge in [-0.15, -0.1) is 0 Å². The Kier molecular flexibility index (Phi) is 8.14. The highest BCUT2D eigenvalue weighted by Gasteiger charge is 2.32. The predicted octanol–water partition coefficient (Wildman–Crippen LogP) is -5.80. The van der Waals surface area contributed by atoms with E-state index in [0.717, 1.165) is 0 Å². The van der Waals surface area contributed by atoms with E-state index in [9.17, 15) is 13.4 Å². The Morgan fingerprint density at radius 3 is 2.44 bits per heavy atom. The van der Waals surface area contributed by atoms with Crippen LogP contribution < -0.4 is 5.90 Å². The van der Waals surface area contributed by atoms with Crippen LogP contribution >= 0.6 is 0 Å². The van der Waals surface area contributed by atoms with E-state index in [-0.39, 0.29) is 0 Å². The van der Waals surface area contributed by atoms with Crippen molar-refractivity contribution in [3.05, 3.63) is 0 Å². The molecule has 0 fully saturated rings. The zero-order valence-electron chi connectivity index (χ0n) is 8.35. The lowest BCUT2D eigenvalue weighted by atomic mass is 9.04. The fourth-order valence-corrected chi connectivity index (χ4v) is 1.14. The standard InChI is InChI=1S/CH10B5NO8S/c7-15-16(11,12)1-13-3-5(10)6(2-8)14-4-9/h2-4,8-10H,1,7H2. The van der Waals surface area contributed by atoms with Gasteiger partial charge in [0.05, 0.1) is 0 Å². The summed E-state index contributed by atoms with van der Waals surface area (Å²) in [5.74, 6) is 3.59. The minimum atomic E-state index is -3.97. The molecule has 0 aliphatic heterocycles. The van der Waals surface area contributed by atoms with E-state index in [1.807, 2.05) is 0 Å². The lowest BCUT2D eigenvalue weighted by molar-refractivity contribution is 0.301. The second-order valence-corrected chi connectivity index (χ2v) is 4.27. The summed E-state index contributed by atoms with van der Waals surface area (Å²) in [7, 11) is -5.63. The van der Waals surface area contributed by atoms with Gasteiger partial charge in [-0.25, -0.2) is 0 Å². The molecule has 88 valence electrons. The Bertz CT molecular complexity index is 272. The van der Waals surface area contributed by atoms with Crippen LogP contribution in [-0.4, -0.2) is 65.3 Å². The smallest absolute Gasteiger partial charge is 0.419 e. The van der Waals surface area contributed by atoms with Gasteiger partial charge < -0.3 is 24.3 Å². The molecule has 0 atom stereocenters. The van der Waals surface area contributed by atoms with E-state index in [1.54, 1.807) is 0 Å². The van der Waals surface area contributed by atoms with Crippen LogP contribution in [0.1, 0.15) is 0 Å². The highest BCUT2D eigenvalue weighted by Crippen LogP contribution is 1.91. The van der Waals surface area contributed by atoms with E-state index in [1.165, 1.54) is 0 Å². The first-order valence-electron chi connectivity index (χ1n) is 4.17. The molecule has 5 N–H and O–H groups in total. The molecule has 0 aliphatic rings. The molecule has 0 spiro atoms. The first kappa shape index (κ1) is 16.0. The maximum absolute atomic E-state index is 10.7. The molecule has 0 aromatic heterocycles. The van der Waals surface area contributed by atoms with Crippen molar-refractivity contribution in [1.29, 1.82) is 0 Å². The molecule has 0 saturated heterocycles. The number of nitrogens with two attached hydrogens (primary N) is 1. The molecule has 0 unspecified atom stereocenters. The number of hydrogen-bond donors (Lipinski definition) is 4. The van der Waals surface area contributed by atoms with Crippen molar-refractivity contribution in [2.24, 2.45) is 5.90 Å².